The van der Waals surface area contributed by atoms with Gasteiger partial charge in [-0.05, 0) is 36.4 Å². The zero-order valence-corrected chi connectivity index (χ0v) is 12.1. The van der Waals surface area contributed by atoms with Crippen LogP contribution in [0, 0.1) is 5.82 Å². The number of ketones is 1. The van der Waals surface area contributed by atoms with E-state index in [1.165, 1.54) is 35.2 Å². The van der Waals surface area contributed by atoms with Crippen LogP contribution in [0.25, 0.3) is 0 Å². The smallest absolute Gasteiger partial charge is 0.285 e. The Kier molecular flexibility index (Phi) is 3.50. The lowest BCUT2D eigenvalue weighted by Gasteiger charge is -2.24. The second kappa shape index (κ2) is 5.34. The number of carbonyl (C=O) groups excluding carboxylic acids is 1. The molecule has 0 aromatic heterocycles. The van der Waals surface area contributed by atoms with Gasteiger partial charge in [0.1, 0.15) is 17.1 Å². The molecule has 0 radical (unpaired) electrons. The normalized spacial score (nSPS) is 15.4. The molecule has 7 heteroatoms. The molecule has 0 saturated heterocycles. The monoisotopic (exact) mass is 318 g/mol. The van der Waals surface area contributed by atoms with Gasteiger partial charge in [-0.1, -0.05) is 12.1 Å². The molecule has 0 N–H and O–H groups in total. The molecule has 112 valence electrons. The largest absolute Gasteiger partial charge is 0.323 e. The summed E-state index contributed by atoms with van der Waals surface area (Å²) in [5.41, 5.74) is 0.744. The summed E-state index contributed by atoms with van der Waals surface area (Å²) < 4.78 is 40.1. The van der Waals surface area contributed by atoms with E-state index in [2.05, 4.69) is 4.40 Å². The molecular weight excluding hydrogens is 307 g/mol. The fourth-order valence-electron chi connectivity index (χ4n) is 2.16. The maximum Gasteiger partial charge on any atom is 0.285 e. The molecule has 1 aliphatic rings. The fraction of sp³-hybridized carbons (Fsp3) is 0.0667. The van der Waals surface area contributed by atoms with Crippen molar-refractivity contribution in [3.05, 3.63) is 59.9 Å². The molecule has 0 atom stereocenters. The maximum absolute atomic E-state index is 12.9. The van der Waals surface area contributed by atoms with Crippen LogP contribution in [0.4, 0.5) is 10.1 Å². The highest BCUT2D eigenvalue weighted by atomic mass is 32.2. The van der Waals surface area contributed by atoms with Gasteiger partial charge in [-0.15, -0.1) is 4.40 Å². The Morgan fingerprint density at radius 2 is 1.77 bits per heavy atom. The highest BCUT2D eigenvalue weighted by molar-refractivity contribution is 7.90. The van der Waals surface area contributed by atoms with Crippen LogP contribution < -0.4 is 4.90 Å². The molecule has 2 aromatic carbocycles. The molecule has 1 heterocycles. The zero-order valence-electron chi connectivity index (χ0n) is 11.3. The van der Waals surface area contributed by atoms with Crippen molar-refractivity contribution in [3.8, 4) is 0 Å². The summed E-state index contributed by atoms with van der Waals surface area (Å²) in [6.45, 7) is -0.0817. The Bertz CT molecular complexity index is 861. The minimum atomic E-state index is -3.71. The molecular formula is C15H11FN2O3S. The Hall–Kier alpha value is -2.54. The molecule has 3 rings (SSSR count). The van der Waals surface area contributed by atoms with Crippen molar-refractivity contribution in [1.82, 2.24) is 0 Å². The van der Waals surface area contributed by atoms with E-state index in [9.17, 15) is 17.6 Å². The van der Waals surface area contributed by atoms with E-state index in [0.29, 0.717) is 11.3 Å². The van der Waals surface area contributed by atoms with Gasteiger partial charge in [0.2, 0.25) is 0 Å². The molecule has 0 fully saturated rings. The molecule has 0 saturated carbocycles. The molecule has 5 nitrogen and oxygen atoms in total. The number of hydrogen-bond acceptors (Lipinski definition) is 4. The first kappa shape index (κ1) is 14.4. The Morgan fingerprint density at radius 3 is 2.50 bits per heavy atom. The lowest BCUT2D eigenvalue weighted by molar-refractivity contribution is 0.100. The zero-order chi connectivity index (χ0) is 15.7. The molecule has 0 spiro atoms. The van der Waals surface area contributed by atoms with Crippen molar-refractivity contribution in [1.29, 1.82) is 0 Å². The van der Waals surface area contributed by atoms with E-state index in [1.807, 2.05) is 0 Å². The third-order valence-electron chi connectivity index (χ3n) is 3.26. The van der Waals surface area contributed by atoms with Gasteiger partial charge in [-0.3, -0.25) is 4.79 Å². The molecule has 0 bridgehead atoms. The number of benzene rings is 2. The molecule has 0 aliphatic carbocycles. The van der Waals surface area contributed by atoms with Crippen molar-refractivity contribution in [2.45, 2.75) is 4.90 Å². The van der Waals surface area contributed by atoms with Gasteiger partial charge < -0.3 is 4.90 Å². The number of anilines is 1. The summed E-state index contributed by atoms with van der Waals surface area (Å²) in [5.74, 6) is -0.687. The first-order chi connectivity index (χ1) is 10.5. The predicted molar refractivity (Wildman–Crippen MR) is 80.2 cm³/mol. The van der Waals surface area contributed by atoms with Crippen LogP contribution >= 0.6 is 0 Å². The molecule has 0 amide bonds. The van der Waals surface area contributed by atoms with Crippen molar-refractivity contribution in [2.75, 3.05) is 11.4 Å². The Labute approximate surface area is 126 Å². The second-order valence-electron chi connectivity index (χ2n) is 4.72. The Balaban J connectivity index is 1.90. The first-order valence-electron chi connectivity index (χ1n) is 6.42. The SMILES string of the molecule is O=C(CN1C=NS(=O)(=O)c2ccccc21)c1ccc(F)cc1. The maximum atomic E-state index is 12.9. The topological polar surface area (TPSA) is 66.8 Å². The number of sulfonamides is 1. The molecule has 2 aromatic rings. The number of fused-ring (bicyclic) bond motifs is 1. The quantitative estimate of drug-likeness (QED) is 0.814. The summed E-state index contributed by atoms with van der Waals surface area (Å²) in [7, 11) is -3.71. The Morgan fingerprint density at radius 1 is 1.09 bits per heavy atom. The molecule has 22 heavy (non-hydrogen) atoms. The first-order valence-corrected chi connectivity index (χ1v) is 7.86. The van der Waals surface area contributed by atoms with Crippen LogP contribution in [0.2, 0.25) is 0 Å². The van der Waals surface area contributed by atoms with Crippen LogP contribution in [0.15, 0.2) is 57.8 Å². The third-order valence-corrected chi connectivity index (χ3v) is 4.53. The summed E-state index contributed by atoms with van der Waals surface area (Å²) in [6, 6.07) is 11.5. The lowest BCUT2D eigenvalue weighted by Crippen LogP contribution is -2.32. The van der Waals surface area contributed by atoms with Crippen LogP contribution in [0.5, 0.6) is 0 Å². The van der Waals surface area contributed by atoms with Gasteiger partial charge in [0.15, 0.2) is 5.78 Å². The number of nitrogens with zero attached hydrogens (tertiary/aromatic N) is 2. The summed E-state index contributed by atoms with van der Waals surface area (Å²) >= 11 is 0. The number of para-hydroxylation sites is 1. The van der Waals surface area contributed by atoms with E-state index >= 15 is 0 Å². The van der Waals surface area contributed by atoms with Crippen molar-refractivity contribution >= 4 is 27.8 Å². The number of carbonyl (C=O) groups is 1. The minimum absolute atomic E-state index is 0.0596. The highest BCUT2D eigenvalue weighted by Crippen LogP contribution is 2.29. The number of Topliss-reactive ketones (excluding diaryl/α,β-unsaturated/α-hetero) is 1. The summed E-state index contributed by atoms with van der Waals surface area (Å²) in [4.78, 5) is 13.7. The fourth-order valence-corrected chi connectivity index (χ4v) is 3.21. The van der Waals surface area contributed by atoms with E-state index in [4.69, 9.17) is 0 Å². The van der Waals surface area contributed by atoms with Gasteiger partial charge in [-0.2, -0.15) is 8.42 Å². The van der Waals surface area contributed by atoms with Crippen LogP contribution in [-0.2, 0) is 10.0 Å². The van der Waals surface area contributed by atoms with E-state index < -0.39 is 15.8 Å². The average molecular weight is 318 g/mol. The van der Waals surface area contributed by atoms with Gasteiger partial charge in [0.05, 0.1) is 12.2 Å². The van der Waals surface area contributed by atoms with Gasteiger partial charge >= 0.3 is 0 Å². The summed E-state index contributed by atoms with van der Waals surface area (Å²) in [6.07, 6.45) is 1.12. The highest BCUT2D eigenvalue weighted by Gasteiger charge is 2.26. The average Bonchev–Trinajstić information content (AvgIpc) is 2.51. The predicted octanol–water partition coefficient (Wildman–Crippen LogP) is 2.25. The van der Waals surface area contributed by atoms with Crippen LogP contribution in [-0.4, -0.2) is 27.1 Å². The van der Waals surface area contributed by atoms with Gasteiger partial charge in [0.25, 0.3) is 10.0 Å². The van der Waals surface area contributed by atoms with Crippen molar-refractivity contribution in [3.63, 3.8) is 0 Å². The minimum Gasteiger partial charge on any atom is -0.323 e. The third kappa shape index (κ3) is 2.62. The van der Waals surface area contributed by atoms with Crippen LogP contribution in [0.1, 0.15) is 10.4 Å². The standard InChI is InChI=1S/C15H11FN2O3S/c16-12-7-5-11(6-8-12)14(19)9-18-10-17-22(20,21)15-4-2-1-3-13(15)18/h1-8,10H,9H2. The number of hydrogen-bond donors (Lipinski definition) is 0. The van der Waals surface area contributed by atoms with Crippen molar-refractivity contribution in [2.24, 2.45) is 4.40 Å². The van der Waals surface area contributed by atoms with Gasteiger partial charge in [-0.25, -0.2) is 4.39 Å². The molecule has 1 aliphatic heterocycles. The van der Waals surface area contributed by atoms with Crippen LogP contribution in [0.3, 0.4) is 0 Å². The second-order valence-corrected chi connectivity index (χ2v) is 6.32. The summed E-state index contributed by atoms with van der Waals surface area (Å²) in [5, 5.41) is 0. The van der Waals surface area contributed by atoms with E-state index in [1.54, 1.807) is 18.2 Å². The van der Waals surface area contributed by atoms with Gasteiger partial charge in [0, 0.05) is 5.56 Å². The molecule has 0 unspecified atom stereocenters. The van der Waals surface area contributed by atoms with E-state index in [-0.39, 0.29) is 17.2 Å². The number of halogens is 1. The lowest BCUT2D eigenvalue weighted by atomic mass is 10.1. The van der Waals surface area contributed by atoms with Crippen molar-refractivity contribution < 1.29 is 17.6 Å². The number of rotatable bonds is 3. The van der Waals surface area contributed by atoms with E-state index in [0.717, 1.165) is 6.34 Å².